The first-order chi connectivity index (χ1) is 12.3. The van der Waals surface area contributed by atoms with Gasteiger partial charge in [0.25, 0.3) is 0 Å². The second-order valence-corrected chi connectivity index (χ2v) is 8.56. The van der Waals surface area contributed by atoms with Crippen LogP contribution in [0.15, 0.2) is 18.3 Å². The molecule has 2 rings (SSSR count). The molecule has 0 radical (unpaired) electrons. The first-order valence-corrected chi connectivity index (χ1v) is 10.6. The molecule has 9 heteroatoms. The zero-order valence-corrected chi connectivity index (χ0v) is 16.6. The molecule has 0 aromatic carbocycles. The first-order valence-electron chi connectivity index (χ1n) is 8.97. The molecule has 1 aromatic heterocycles. The number of sulfonamides is 1. The summed E-state index contributed by atoms with van der Waals surface area (Å²) in [5, 5.41) is 2.74. The van der Waals surface area contributed by atoms with E-state index >= 15 is 0 Å². The Hall–Kier alpha value is -1.71. The Morgan fingerprint density at radius 3 is 2.54 bits per heavy atom. The summed E-state index contributed by atoms with van der Waals surface area (Å²) in [6, 6.07) is 3.09. The van der Waals surface area contributed by atoms with Crippen molar-refractivity contribution < 1.29 is 13.2 Å². The number of nitrogens with zero attached hydrogens (tertiary/aromatic N) is 3. The predicted octanol–water partition coefficient (Wildman–Crippen LogP) is 0.168. The maximum absolute atomic E-state index is 12.1. The van der Waals surface area contributed by atoms with Crippen LogP contribution in [0.2, 0.25) is 0 Å². The van der Waals surface area contributed by atoms with Crippen molar-refractivity contribution in [2.75, 3.05) is 43.9 Å². The molecule has 26 heavy (non-hydrogen) atoms. The second-order valence-electron chi connectivity index (χ2n) is 6.69. The van der Waals surface area contributed by atoms with Gasteiger partial charge in [0, 0.05) is 38.9 Å². The number of anilines is 1. The average molecular weight is 384 g/mol. The maximum atomic E-state index is 12.1. The molecule has 1 atom stereocenters. The van der Waals surface area contributed by atoms with Crippen LogP contribution in [0.1, 0.15) is 25.8 Å². The highest BCUT2D eigenvalue weighted by Gasteiger charge is 2.19. The van der Waals surface area contributed by atoms with Gasteiger partial charge >= 0.3 is 0 Å². The van der Waals surface area contributed by atoms with Gasteiger partial charge in [0.15, 0.2) is 0 Å². The van der Waals surface area contributed by atoms with E-state index in [-0.39, 0.29) is 11.7 Å². The van der Waals surface area contributed by atoms with Crippen LogP contribution in [0.3, 0.4) is 0 Å². The lowest BCUT2D eigenvalue weighted by molar-refractivity contribution is -0.122. The van der Waals surface area contributed by atoms with E-state index in [0.717, 1.165) is 37.6 Å². The molecule has 8 nitrogen and oxygen atoms in total. The number of aromatic nitrogens is 1. The van der Waals surface area contributed by atoms with Crippen LogP contribution in [-0.4, -0.2) is 69.2 Å². The third kappa shape index (κ3) is 6.22. The summed E-state index contributed by atoms with van der Waals surface area (Å²) in [6.07, 6.45) is 2.26. The maximum Gasteiger partial charge on any atom is 0.238 e. The zero-order chi connectivity index (χ0) is 19.2. The van der Waals surface area contributed by atoms with Gasteiger partial charge in [0.1, 0.15) is 5.82 Å². The van der Waals surface area contributed by atoms with Crippen molar-refractivity contribution in [1.29, 1.82) is 0 Å². The van der Waals surface area contributed by atoms with E-state index in [2.05, 4.69) is 31.9 Å². The van der Waals surface area contributed by atoms with Crippen molar-refractivity contribution in [2.24, 2.45) is 0 Å². The van der Waals surface area contributed by atoms with Crippen LogP contribution >= 0.6 is 0 Å². The quantitative estimate of drug-likeness (QED) is 0.664. The number of hydrogen-bond acceptors (Lipinski definition) is 6. The third-order valence-electron chi connectivity index (χ3n) is 4.33. The predicted molar refractivity (Wildman–Crippen MR) is 102 cm³/mol. The molecule has 146 valence electrons. The van der Waals surface area contributed by atoms with Crippen molar-refractivity contribution in [3.63, 3.8) is 0 Å². The SMILES string of the molecule is CCCS(=O)(=O)N[C@@H](C)C(=O)NCc1ccc(N2CCN(C)CC2)nc1. The molecule has 2 N–H and O–H groups in total. The summed E-state index contributed by atoms with van der Waals surface area (Å²) >= 11 is 0. The Morgan fingerprint density at radius 1 is 1.27 bits per heavy atom. The number of amides is 1. The van der Waals surface area contributed by atoms with E-state index in [9.17, 15) is 13.2 Å². The monoisotopic (exact) mass is 383 g/mol. The molecule has 1 aliphatic rings. The Morgan fingerprint density at radius 2 is 1.96 bits per heavy atom. The lowest BCUT2D eigenvalue weighted by Gasteiger charge is -2.33. The fourth-order valence-electron chi connectivity index (χ4n) is 2.74. The minimum absolute atomic E-state index is 0.0162. The van der Waals surface area contributed by atoms with Crippen LogP contribution in [0, 0.1) is 0 Å². The average Bonchev–Trinajstić information content (AvgIpc) is 2.60. The van der Waals surface area contributed by atoms with Crippen molar-refractivity contribution in [3.05, 3.63) is 23.9 Å². The fraction of sp³-hybridized carbons (Fsp3) is 0.647. The largest absolute Gasteiger partial charge is 0.354 e. The number of rotatable bonds is 8. The van der Waals surface area contributed by atoms with Crippen LogP contribution in [-0.2, 0) is 21.4 Å². The van der Waals surface area contributed by atoms with Crippen LogP contribution in [0.4, 0.5) is 5.82 Å². The number of likely N-dealkylation sites (N-methyl/N-ethyl adjacent to an activating group) is 1. The van der Waals surface area contributed by atoms with Crippen molar-refractivity contribution in [1.82, 2.24) is 19.9 Å². The summed E-state index contributed by atoms with van der Waals surface area (Å²) in [7, 11) is -1.30. The topological polar surface area (TPSA) is 94.6 Å². The van der Waals surface area contributed by atoms with Crippen molar-refractivity contribution in [2.45, 2.75) is 32.9 Å². The standard InChI is InChI=1S/C17H29N5O3S/c1-4-11-26(24,25)20-14(2)17(23)19-13-15-5-6-16(18-12-15)22-9-7-21(3)8-10-22/h5-6,12,14,20H,4,7-11,13H2,1-3H3,(H,19,23)/t14-/m0/s1. The molecule has 1 amide bonds. The number of pyridine rings is 1. The van der Waals surface area contributed by atoms with E-state index in [1.807, 2.05) is 12.1 Å². The van der Waals surface area contributed by atoms with Crippen molar-refractivity contribution >= 4 is 21.7 Å². The zero-order valence-electron chi connectivity index (χ0n) is 15.7. The van der Waals surface area contributed by atoms with Gasteiger partial charge in [-0.1, -0.05) is 13.0 Å². The van der Waals surface area contributed by atoms with E-state index < -0.39 is 16.1 Å². The van der Waals surface area contributed by atoms with Gasteiger partial charge in [-0.3, -0.25) is 4.79 Å². The van der Waals surface area contributed by atoms with Crippen LogP contribution < -0.4 is 14.9 Å². The molecular weight excluding hydrogens is 354 g/mol. The molecule has 0 bridgehead atoms. The summed E-state index contributed by atoms with van der Waals surface area (Å²) in [4.78, 5) is 21.1. The minimum atomic E-state index is -3.41. The molecule has 0 spiro atoms. The third-order valence-corrected chi connectivity index (χ3v) is 5.98. The van der Waals surface area contributed by atoms with E-state index in [0.29, 0.717) is 13.0 Å². The molecule has 0 aliphatic carbocycles. The number of carbonyl (C=O) groups is 1. The highest BCUT2D eigenvalue weighted by molar-refractivity contribution is 7.89. The Kier molecular flexibility index (Phi) is 7.36. The van der Waals surface area contributed by atoms with Crippen LogP contribution in [0.25, 0.3) is 0 Å². The van der Waals surface area contributed by atoms with Gasteiger partial charge in [0.2, 0.25) is 15.9 Å². The number of piperazine rings is 1. The number of hydrogen-bond donors (Lipinski definition) is 2. The molecule has 0 saturated carbocycles. The van der Waals surface area contributed by atoms with Gasteiger partial charge in [-0.05, 0) is 32.0 Å². The van der Waals surface area contributed by atoms with Gasteiger partial charge < -0.3 is 15.1 Å². The summed E-state index contributed by atoms with van der Waals surface area (Å²) in [5.41, 5.74) is 0.875. The Balaban J connectivity index is 1.82. The molecule has 1 aliphatic heterocycles. The van der Waals surface area contributed by atoms with Gasteiger partial charge in [-0.2, -0.15) is 0 Å². The van der Waals surface area contributed by atoms with Gasteiger partial charge in [0.05, 0.1) is 11.8 Å². The minimum Gasteiger partial charge on any atom is -0.354 e. The molecule has 1 fully saturated rings. The highest BCUT2D eigenvalue weighted by Crippen LogP contribution is 2.13. The van der Waals surface area contributed by atoms with E-state index in [1.54, 1.807) is 13.1 Å². The molecule has 0 unspecified atom stereocenters. The van der Waals surface area contributed by atoms with Gasteiger partial charge in [-0.25, -0.2) is 18.1 Å². The summed E-state index contributed by atoms with van der Waals surface area (Å²) in [6.45, 7) is 7.58. The number of nitrogens with one attached hydrogen (secondary N) is 2. The lowest BCUT2D eigenvalue weighted by Crippen LogP contribution is -2.45. The first kappa shape index (κ1) is 20.6. The van der Waals surface area contributed by atoms with E-state index in [4.69, 9.17) is 0 Å². The van der Waals surface area contributed by atoms with Gasteiger partial charge in [-0.15, -0.1) is 0 Å². The van der Waals surface area contributed by atoms with Crippen LogP contribution in [0.5, 0.6) is 0 Å². The fourth-order valence-corrected chi connectivity index (χ4v) is 4.04. The Labute approximate surface area is 156 Å². The summed E-state index contributed by atoms with van der Waals surface area (Å²) in [5.74, 6) is 0.601. The smallest absolute Gasteiger partial charge is 0.238 e. The lowest BCUT2D eigenvalue weighted by atomic mass is 10.2. The summed E-state index contributed by atoms with van der Waals surface area (Å²) < 4.78 is 25.8. The Bertz CT molecular complexity index is 685. The normalized spacial score (nSPS) is 17.1. The number of carbonyl (C=O) groups excluding carboxylic acids is 1. The second kappa shape index (κ2) is 9.29. The molecule has 2 heterocycles. The molecular formula is C17H29N5O3S. The molecule has 1 aromatic rings. The highest BCUT2D eigenvalue weighted by atomic mass is 32.2. The molecule has 1 saturated heterocycles. The van der Waals surface area contributed by atoms with E-state index in [1.165, 1.54) is 6.92 Å². The van der Waals surface area contributed by atoms with Crippen molar-refractivity contribution in [3.8, 4) is 0 Å².